The lowest BCUT2D eigenvalue weighted by Gasteiger charge is -2.18. The van der Waals surface area contributed by atoms with E-state index in [1.54, 1.807) is 0 Å². The van der Waals surface area contributed by atoms with Gasteiger partial charge in [-0.2, -0.15) is 0 Å². The SMILES string of the molecule is CC(C)(C)c1cccc2nc(-c3ccc(-c4ccc(-n5c6ccccc6c6ccccc65)cc4)cc3)oc12. The molecule has 3 heteroatoms. The number of benzene rings is 5. The molecule has 0 bridgehead atoms. The average molecular weight is 493 g/mol. The van der Waals surface area contributed by atoms with Gasteiger partial charge in [0.25, 0.3) is 0 Å². The van der Waals surface area contributed by atoms with Gasteiger partial charge < -0.3 is 8.98 Å². The number of nitrogens with zero attached hydrogens (tertiary/aromatic N) is 2. The zero-order valence-corrected chi connectivity index (χ0v) is 21.8. The van der Waals surface area contributed by atoms with E-state index in [0.29, 0.717) is 5.89 Å². The Morgan fingerprint density at radius 2 is 1.13 bits per heavy atom. The third kappa shape index (κ3) is 3.62. The molecule has 0 amide bonds. The van der Waals surface area contributed by atoms with E-state index in [2.05, 4.69) is 135 Å². The molecule has 0 aliphatic carbocycles. The second kappa shape index (κ2) is 8.46. The van der Waals surface area contributed by atoms with Gasteiger partial charge >= 0.3 is 0 Å². The van der Waals surface area contributed by atoms with Crippen LogP contribution in [0.4, 0.5) is 0 Å². The maximum atomic E-state index is 6.27. The van der Waals surface area contributed by atoms with Crippen LogP contribution in [0.2, 0.25) is 0 Å². The lowest BCUT2D eigenvalue weighted by Crippen LogP contribution is -2.10. The fourth-order valence-electron chi connectivity index (χ4n) is 5.47. The summed E-state index contributed by atoms with van der Waals surface area (Å²) in [5, 5.41) is 2.55. The van der Waals surface area contributed by atoms with Gasteiger partial charge in [-0.15, -0.1) is 0 Å². The summed E-state index contributed by atoms with van der Waals surface area (Å²) >= 11 is 0. The number of hydrogen-bond donors (Lipinski definition) is 0. The lowest BCUT2D eigenvalue weighted by molar-refractivity contribution is 0.561. The molecule has 38 heavy (non-hydrogen) atoms. The Morgan fingerprint density at radius 1 is 0.579 bits per heavy atom. The molecule has 0 saturated carbocycles. The van der Waals surface area contributed by atoms with E-state index in [1.807, 2.05) is 6.07 Å². The summed E-state index contributed by atoms with van der Waals surface area (Å²) in [4.78, 5) is 4.78. The molecule has 7 rings (SSSR count). The first kappa shape index (κ1) is 22.6. The quantitative estimate of drug-likeness (QED) is 0.246. The second-order valence-electron chi connectivity index (χ2n) is 10.9. The van der Waals surface area contributed by atoms with E-state index >= 15 is 0 Å². The minimum absolute atomic E-state index is 0.00837. The van der Waals surface area contributed by atoms with Crippen molar-refractivity contribution in [3.63, 3.8) is 0 Å². The normalized spacial score (nSPS) is 12.1. The first-order valence-electron chi connectivity index (χ1n) is 13.1. The van der Waals surface area contributed by atoms with Gasteiger partial charge in [-0.25, -0.2) is 4.98 Å². The van der Waals surface area contributed by atoms with E-state index < -0.39 is 0 Å². The fraction of sp³-hybridized carbons (Fsp3) is 0.114. The van der Waals surface area contributed by atoms with Crippen molar-refractivity contribution in [2.24, 2.45) is 0 Å². The van der Waals surface area contributed by atoms with Gasteiger partial charge in [-0.05, 0) is 59.0 Å². The van der Waals surface area contributed by atoms with Crippen LogP contribution in [-0.4, -0.2) is 9.55 Å². The van der Waals surface area contributed by atoms with E-state index in [9.17, 15) is 0 Å². The molecule has 0 N–H and O–H groups in total. The minimum Gasteiger partial charge on any atom is -0.436 e. The van der Waals surface area contributed by atoms with E-state index in [1.165, 1.54) is 32.9 Å². The summed E-state index contributed by atoms with van der Waals surface area (Å²) in [5.41, 5.74) is 9.85. The van der Waals surface area contributed by atoms with Gasteiger partial charge in [-0.1, -0.05) is 93.6 Å². The number of rotatable bonds is 3. The van der Waals surface area contributed by atoms with E-state index in [-0.39, 0.29) is 5.41 Å². The lowest BCUT2D eigenvalue weighted by atomic mass is 9.86. The van der Waals surface area contributed by atoms with Crippen LogP contribution in [0.5, 0.6) is 0 Å². The summed E-state index contributed by atoms with van der Waals surface area (Å²) in [6.45, 7) is 6.60. The van der Waals surface area contributed by atoms with Crippen molar-refractivity contribution in [2.75, 3.05) is 0 Å². The number of hydrogen-bond acceptors (Lipinski definition) is 2. The summed E-state index contributed by atoms with van der Waals surface area (Å²) in [6, 6.07) is 40.7. The Balaban J connectivity index is 1.23. The van der Waals surface area contributed by atoms with Crippen LogP contribution in [0.3, 0.4) is 0 Å². The van der Waals surface area contributed by atoms with Gasteiger partial charge in [0, 0.05) is 27.6 Å². The first-order valence-corrected chi connectivity index (χ1v) is 13.1. The number of oxazole rings is 1. The van der Waals surface area contributed by atoms with Crippen molar-refractivity contribution < 1.29 is 4.42 Å². The molecule has 0 unspecified atom stereocenters. The van der Waals surface area contributed by atoms with Gasteiger partial charge in [0.05, 0.1) is 11.0 Å². The smallest absolute Gasteiger partial charge is 0.227 e. The molecule has 0 fully saturated rings. The maximum absolute atomic E-state index is 6.27. The van der Waals surface area contributed by atoms with Crippen molar-refractivity contribution in [3.8, 4) is 28.3 Å². The Morgan fingerprint density at radius 3 is 1.74 bits per heavy atom. The topological polar surface area (TPSA) is 31.0 Å². The molecule has 2 heterocycles. The molecule has 7 aromatic rings. The molecular weight excluding hydrogens is 464 g/mol. The Labute approximate surface area is 222 Å². The zero-order chi connectivity index (χ0) is 25.9. The van der Waals surface area contributed by atoms with Crippen LogP contribution < -0.4 is 0 Å². The third-order valence-corrected chi connectivity index (χ3v) is 7.39. The molecule has 0 saturated heterocycles. The van der Waals surface area contributed by atoms with Crippen molar-refractivity contribution in [2.45, 2.75) is 26.2 Å². The van der Waals surface area contributed by atoms with E-state index in [0.717, 1.165) is 27.9 Å². The summed E-state index contributed by atoms with van der Waals surface area (Å²) < 4.78 is 8.61. The molecule has 0 aliphatic heterocycles. The highest BCUT2D eigenvalue weighted by atomic mass is 16.3. The highest BCUT2D eigenvalue weighted by Crippen LogP contribution is 2.35. The third-order valence-electron chi connectivity index (χ3n) is 7.39. The molecule has 0 atom stereocenters. The van der Waals surface area contributed by atoms with Crippen LogP contribution in [0.15, 0.2) is 120 Å². The molecular formula is C35H28N2O. The monoisotopic (exact) mass is 492 g/mol. The molecule has 3 nitrogen and oxygen atoms in total. The Bertz CT molecular complexity index is 1880. The molecule has 0 spiro atoms. The minimum atomic E-state index is -0.00837. The van der Waals surface area contributed by atoms with Crippen LogP contribution in [0, 0.1) is 0 Å². The van der Waals surface area contributed by atoms with Gasteiger partial charge in [0.15, 0.2) is 5.58 Å². The van der Waals surface area contributed by atoms with Crippen molar-refractivity contribution in [3.05, 3.63) is 121 Å². The molecule has 5 aromatic carbocycles. The standard InChI is InChI=1S/C35H28N2O/c1-35(2,3)29-11-8-12-30-33(29)38-34(36-30)25-17-15-23(16-18-25)24-19-21-26(22-20-24)37-31-13-6-4-9-27(31)28-10-5-7-14-32(28)37/h4-22H,1-3H3. The zero-order valence-electron chi connectivity index (χ0n) is 21.8. The predicted molar refractivity (Wildman–Crippen MR) is 158 cm³/mol. The highest BCUT2D eigenvalue weighted by molar-refractivity contribution is 6.09. The van der Waals surface area contributed by atoms with Crippen molar-refractivity contribution >= 4 is 32.9 Å². The number of fused-ring (bicyclic) bond motifs is 4. The van der Waals surface area contributed by atoms with Crippen LogP contribution in [-0.2, 0) is 5.41 Å². The fourth-order valence-corrected chi connectivity index (χ4v) is 5.47. The Kier molecular flexibility index (Phi) is 5.02. The molecule has 0 aliphatic rings. The van der Waals surface area contributed by atoms with Crippen molar-refractivity contribution in [1.82, 2.24) is 9.55 Å². The summed E-state index contributed by atoms with van der Waals surface area (Å²) in [7, 11) is 0. The molecule has 184 valence electrons. The number of para-hydroxylation sites is 3. The second-order valence-corrected chi connectivity index (χ2v) is 10.9. The van der Waals surface area contributed by atoms with Crippen LogP contribution in [0.1, 0.15) is 26.3 Å². The summed E-state index contributed by atoms with van der Waals surface area (Å²) in [5.74, 6) is 0.657. The van der Waals surface area contributed by atoms with Crippen LogP contribution in [0.25, 0.3) is 61.2 Å². The largest absolute Gasteiger partial charge is 0.436 e. The first-order chi connectivity index (χ1) is 18.5. The Hall–Kier alpha value is -4.63. The van der Waals surface area contributed by atoms with Crippen molar-refractivity contribution in [1.29, 1.82) is 0 Å². The predicted octanol–water partition coefficient (Wildman–Crippen LogP) is 9.56. The van der Waals surface area contributed by atoms with Gasteiger partial charge in [0.2, 0.25) is 5.89 Å². The maximum Gasteiger partial charge on any atom is 0.227 e. The number of aromatic nitrogens is 2. The highest BCUT2D eigenvalue weighted by Gasteiger charge is 2.21. The van der Waals surface area contributed by atoms with E-state index in [4.69, 9.17) is 9.40 Å². The molecule has 2 aromatic heterocycles. The summed E-state index contributed by atoms with van der Waals surface area (Å²) in [6.07, 6.45) is 0. The molecule has 0 radical (unpaired) electrons. The average Bonchev–Trinajstić information content (AvgIpc) is 3.52. The van der Waals surface area contributed by atoms with Gasteiger partial charge in [-0.3, -0.25) is 0 Å². The van der Waals surface area contributed by atoms with Gasteiger partial charge in [0.1, 0.15) is 5.52 Å². The van der Waals surface area contributed by atoms with Crippen LogP contribution >= 0.6 is 0 Å².